The van der Waals surface area contributed by atoms with Gasteiger partial charge in [-0.3, -0.25) is 4.79 Å². The molecule has 0 N–H and O–H groups in total. The first-order valence-corrected chi connectivity index (χ1v) is 6.70. The van der Waals surface area contributed by atoms with E-state index in [0.29, 0.717) is 13.1 Å². The van der Waals surface area contributed by atoms with Gasteiger partial charge in [0.25, 0.3) is 5.91 Å². The van der Waals surface area contributed by atoms with Crippen molar-refractivity contribution in [1.29, 1.82) is 0 Å². The molecule has 0 bridgehead atoms. The summed E-state index contributed by atoms with van der Waals surface area (Å²) in [5, 5.41) is 0. The smallest absolute Gasteiger partial charge is 0.256 e. The lowest BCUT2D eigenvalue weighted by Gasteiger charge is -2.39. The van der Waals surface area contributed by atoms with Gasteiger partial charge in [-0.2, -0.15) is 0 Å². The Hall–Kier alpha value is -1.45. The van der Waals surface area contributed by atoms with E-state index in [9.17, 15) is 13.6 Å². The van der Waals surface area contributed by atoms with Gasteiger partial charge >= 0.3 is 0 Å². The van der Waals surface area contributed by atoms with Crippen molar-refractivity contribution in [2.24, 2.45) is 5.41 Å². The average Bonchev–Trinajstić information content (AvgIpc) is 2.42. The van der Waals surface area contributed by atoms with Crippen LogP contribution in [0.25, 0.3) is 0 Å². The molecular weight excluding hydrogens is 248 g/mol. The standard InChI is InChI=1S/C15H19F2NO/c1-3-15(2)7-9-18(10-8-15)14(19)11-5-4-6-12(16)13(11)17/h4-6H,3,7-10H2,1-2H3. The molecule has 19 heavy (non-hydrogen) atoms. The Morgan fingerprint density at radius 2 is 1.95 bits per heavy atom. The SMILES string of the molecule is CCC1(C)CCN(C(=O)c2cccc(F)c2F)CC1. The number of hydrogen-bond acceptors (Lipinski definition) is 1. The zero-order valence-electron chi connectivity index (χ0n) is 11.4. The molecule has 0 aromatic heterocycles. The Balaban J connectivity index is 2.12. The zero-order chi connectivity index (χ0) is 14.0. The van der Waals surface area contributed by atoms with E-state index in [1.807, 2.05) is 0 Å². The fourth-order valence-corrected chi connectivity index (χ4v) is 2.44. The summed E-state index contributed by atoms with van der Waals surface area (Å²) in [5.74, 6) is -2.42. The van der Waals surface area contributed by atoms with Crippen LogP contribution in [0.1, 0.15) is 43.5 Å². The summed E-state index contributed by atoms with van der Waals surface area (Å²) in [6.45, 7) is 5.57. The molecule has 0 unspecified atom stereocenters. The third-order valence-corrected chi connectivity index (χ3v) is 4.29. The quantitative estimate of drug-likeness (QED) is 0.801. The van der Waals surface area contributed by atoms with Gasteiger partial charge < -0.3 is 4.90 Å². The maximum Gasteiger partial charge on any atom is 0.256 e. The number of benzene rings is 1. The number of likely N-dealkylation sites (tertiary alicyclic amines) is 1. The lowest BCUT2D eigenvalue weighted by molar-refractivity contribution is 0.0595. The monoisotopic (exact) mass is 267 g/mol. The van der Waals surface area contributed by atoms with Crippen molar-refractivity contribution in [2.75, 3.05) is 13.1 Å². The molecule has 1 heterocycles. The van der Waals surface area contributed by atoms with Gasteiger partial charge in [-0.05, 0) is 30.4 Å². The van der Waals surface area contributed by atoms with Gasteiger partial charge in [0, 0.05) is 13.1 Å². The van der Waals surface area contributed by atoms with Crippen LogP contribution in [0, 0.1) is 17.0 Å². The molecule has 1 saturated heterocycles. The Kier molecular flexibility index (Phi) is 3.88. The lowest BCUT2D eigenvalue weighted by Crippen LogP contribution is -2.42. The van der Waals surface area contributed by atoms with E-state index in [4.69, 9.17) is 0 Å². The van der Waals surface area contributed by atoms with Crippen LogP contribution in [0.5, 0.6) is 0 Å². The number of piperidine rings is 1. The third kappa shape index (κ3) is 2.77. The highest BCUT2D eigenvalue weighted by atomic mass is 19.2. The van der Waals surface area contributed by atoms with Crippen LogP contribution in [-0.4, -0.2) is 23.9 Å². The van der Waals surface area contributed by atoms with E-state index in [-0.39, 0.29) is 11.0 Å². The van der Waals surface area contributed by atoms with Crippen molar-refractivity contribution in [1.82, 2.24) is 4.90 Å². The summed E-state index contributed by atoms with van der Waals surface area (Å²) >= 11 is 0. The van der Waals surface area contributed by atoms with Crippen molar-refractivity contribution >= 4 is 5.91 Å². The van der Waals surface area contributed by atoms with Crippen LogP contribution >= 0.6 is 0 Å². The highest BCUT2D eigenvalue weighted by Gasteiger charge is 2.31. The van der Waals surface area contributed by atoms with E-state index in [0.717, 1.165) is 25.3 Å². The highest BCUT2D eigenvalue weighted by molar-refractivity contribution is 5.94. The molecule has 0 spiro atoms. The predicted molar refractivity (Wildman–Crippen MR) is 69.9 cm³/mol. The van der Waals surface area contributed by atoms with Crippen LogP contribution in [0.15, 0.2) is 18.2 Å². The van der Waals surface area contributed by atoms with E-state index in [2.05, 4.69) is 13.8 Å². The van der Waals surface area contributed by atoms with Crippen molar-refractivity contribution in [3.05, 3.63) is 35.4 Å². The van der Waals surface area contributed by atoms with Crippen LogP contribution in [-0.2, 0) is 0 Å². The fourth-order valence-electron chi connectivity index (χ4n) is 2.44. The molecule has 0 radical (unpaired) electrons. The molecule has 2 rings (SSSR count). The number of rotatable bonds is 2. The van der Waals surface area contributed by atoms with Gasteiger partial charge in [0.2, 0.25) is 0 Å². The Labute approximate surface area is 112 Å². The topological polar surface area (TPSA) is 20.3 Å². The molecule has 1 aromatic rings. The van der Waals surface area contributed by atoms with E-state index in [1.54, 1.807) is 4.90 Å². The zero-order valence-corrected chi connectivity index (χ0v) is 11.4. The first-order valence-electron chi connectivity index (χ1n) is 6.70. The molecule has 0 saturated carbocycles. The lowest BCUT2D eigenvalue weighted by atomic mass is 9.78. The molecular formula is C15H19F2NO. The van der Waals surface area contributed by atoms with Gasteiger partial charge in [0.05, 0.1) is 5.56 Å². The van der Waals surface area contributed by atoms with Crippen LogP contribution < -0.4 is 0 Å². The van der Waals surface area contributed by atoms with E-state index in [1.165, 1.54) is 12.1 Å². The highest BCUT2D eigenvalue weighted by Crippen LogP contribution is 2.34. The van der Waals surface area contributed by atoms with Gasteiger partial charge in [-0.25, -0.2) is 8.78 Å². The van der Waals surface area contributed by atoms with Crippen molar-refractivity contribution in [2.45, 2.75) is 33.1 Å². The summed E-state index contributed by atoms with van der Waals surface area (Å²) in [7, 11) is 0. The molecule has 1 amide bonds. The molecule has 0 aliphatic carbocycles. The second-order valence-corrected chi connectivity index (χ2v) is 5.56. The number of amides is 1. The molecule has 0 atom stereocenters. The number of carbonyl (C=O) groups is 1. The first kappa shape index (κ1) is 14.0. The second kappa shape index (κ2) is 5.27. The molecule has 2 nitrogen and oxygen atoms in total. The molecule has 1 fully saturated rings. The summed E-state index contributed by atoms with van der Waals surface area (Å²) < 4.78 is 26.7. The fraction of sp³-hybridized carbons (Fsp3) is 0.533. The van der Waals surface area contributed by atoms with Crippen molar-refractivity contribution in [3.63, 3.8) is 0 Å². The minimum absolute atomic E-state index is 0.167. The molecule has 1 aliphatic heterocycles. The maximum absolute atomic E-state index is 13.6. The van der Waals surface area contributed by atoms with Crippen LogP contribution in [0.2, 0.25) is 0 Å². The maximum atomic E-state index is 13.6. The Morgan fingerprint density at radius 3 is 2.53 bits per heavy atom. The minimum atomic E-state index is -1.05. The molecule has 4 heteroatoms. The Morgan fingerprint density at radius 1 is 1.32 bits per heavy atom. The van der Waals surface area contributed by atoms with Gasteiger partial charge in [0.15, 0.2) is 11.6 Å². The van der Waals surface area contributed by atoms with Gasteiger partial charge in [0.1, 0.15) is 0 Å². The predicted octanol–water partition coefficient (Wildman–Crippen LogP) is 3.62. The van der Waals surface area contributed by atoms with Gasteiger partial charge in [-0.15, -0.1) is 0 Å². The van der Waals surface area contributed by atoms with Crippen molar-refractivity contribution < 1.29 is 13.6 Å². The molecule has 1 aliphatic rings. The summed E-state index contributed by atoms with van der Waals surface area (Å²) in [5.41, 5.74) is 0.0946. The largest absolute Gasteiger partial charge is 0.339 e. The molecule has 1 aromatic carbocycles. The normalized spacial score (nSPS) is 18.4. The molecule has 104 valence electrons. The second-order valence-electron chi connectivity index (χ2n) is 5.56. The third-order valence-electron chi connectivity index (χ3n) is 4.29. The number of carbonyl (C=O) groups excluding carboxylic acids is 1. The number of halogens is 2. The number of hydrogen-bond donors (Lipinski definition) is 0. The van der Waals surface area contributed by atoms with Crippen molar-refractivity contribution in [3.8, 4) is 0 Å². The Bertz CT molecular complexity index is 479. The average molecular weight is 267 g/mol. The summed E-state index contributed by atoms with van der Waals surface area (Å²) in [6.07, 6.45) is 2.89. The van der Waals surface area contributed by atoms with E-state index < -0.39 is 17.5 Å². The van der Waals surface area contributed by atoms with Crippen LogP contribution in [0.3, 0.4) is 0 Å². The summed E-state index contributed by atoms with van der Waals surface area (Å²) in [4.78, 5) is 13.8. The van der Waals surface area contributed by atoms with Crippen LogP contribution in [0.4, 0.5) is 8.78 Å². The first-order chi connectivity index (χ1) is 8.97. The van der Waals surface area contributed by atoms with Gasteiger partial charge in [-0.1, -0.05) is 26.3 Å². The minimum Gasteiger partial charge on any atom is -0.339 e. The number of nitrogens with zero attached hydrogens (tertiary/aromatic N) is 1. The van der Waals surface area contributed by atoms with E-state index >= 15 is 0 Å². The summed E-state index contributed by atoms with van der Waals surface area (Å²) in [6, 6.07) is 3.73.